The summed E-state index contributed by atoms with van der Waals surface area (Å²) in [4.78, 5) is 30.2. The number of phenols is 1. The number of fused-ring (bicyclic) bond motifs is 1. The van der Waals surface area contributed by atoms with Gasteiger partial charge in [0.25, 0.3) is 11.8 Å². The number of amidine groups is 1. The zero-order chi connectivity index (χ0) is 15.7. The Balaban J connectivity index is 1.88. The molecule has 1 aromatic rings. The number of carbonyl (C=O) groups excluding carboxylic acids is 2. The maximum Gasteiger partial charge on any atom is 0.250 e. The van der Waals surface area contributed by atoms with E-state index in [1.54, 1.807) is 48.4 Å². The summed E-state index contributed by atoms with van der Waals surface area (Å²) in [5, 5.41) is 12.1. The van der Waals surface area contributed by atoms with Crippen LogP contribution in [0.3, 0.4) is 0 Å². The molecule has 2 aliphatic rings. The van der Waals surface area contributed by atoms with Gasteiger partial charge >= 0.3 is 0 Å². The van der Waals surface area contributed by atoms with Crippen LogP contribution in [0.2, 0.25) is 0 Å². The Bertz CT molecular complexity index is 719. The highest BCUT2D eigenvalue weighted by molar-refractivity contribution is 6.11. The van der Waals surface area contributed by atoms with Gasteiger partial charge in [0.1, 0.15) is 17.1 Å². The third-order valence-corrected chi connectivity index (χ3v) is 3.72. The number of phenolic OH excluding ortho intramolecular Hbond substituents is 1. The molecule has 6 nitrogen and oxygen atoms in total. The zero-order valence-electron chi connectivity index (χ0n) is 12.0. The molecular formula is C16H15N3O3. The van der Waals surface area contributed by atoms with Crippen molar-refractivity contribution in [1.29, 1.82) is 0 Å². The second-order valence-corrected chi connectivity index (χ2v) is 5.39. The molecule has 22 heavy (non-hydrogen) atoms. The predicted octanol–water partition coefficient (Wildman–Crippen LogP) is 1.80. The smallest absolute Gasteiger partial charge is 0.250 e. The van der Waals surface area contributed by atoms with Gasteiger partial charge in [0.2, 0.25) is 0 Å². The molecular weight excluding hydrogens is 282 g/mol. The molecule has 1 atom stereocenters. The zero-order valence-corrected chi connectivity index (χ0v) is 12.0. The third-order valence-electron chi connectivity index (χ3n) is 3.72. The van der Waals surface area contributed by atoms with Gasteiger partial charge in [0.15, 0.2) is 0 Å². The number of amides is 2. The summed E-state index contributed by atoms with van der Waals surface area (Å²) in [6, 6.07) is 6.17. The Hall–Kier alpha value is -2.89. The minimum atomic E-state index is -1.05. The number of allylic oxidation sites excluding steroid dienone is 2. The van der Waals surface area contributed by atoms with Crippen LogP contribution in [0.1, 0.15) is 13.3 Å². The number of carbonyl (C=O) groups is 2. The fraction of sp³-hybridized carbons (Fsp3) is 0.188. The van der Waals surface area contributed by atoms with Crippen molar-refractivity contribution in [2.45, 2.75) is 18.9 Å². The van der Waals surface area contributed by atoms with Crippen molar-refractivity contribution in [3.63, 3.8) is 0 Å². The molecule has 0 spiro atoms. The minimum absolute atomic E-state index is 0.00139. The SMILES string of the molecule is CC1(C(=O)Nc2ccc(O)cc2)CC(=O)N=C2C=CC=CN21. The number of aliphatic imine (C=N–C) groups is 1. The number of nitrogens with zero attached hydrogens (tertiary/aromatic N) is 2. The summed E-state index contributed by atoms with van der Waals surface area (Å²) < 4.78 is 0. The molecule has 2 N–H and O–H groups in total. The van der Waals surface area contributed by atoms with E-state index in [0.717, 1.165) is 0 Å². The maximum absolute atomic E-state index is 12.7. The van der Waals surface area contributed by atoms with Crippen molar-refractivity contribution in [3.8, 4) is 5.75 Å². The van der Waals surface area contributed by atoms with Crippen molar-refractivity contribution in [1.82, 2.24) is 4.90 Å². The first-order chi connectivity index (χ1) is 10.5. The molecule has 0 aliphatic carbocycles. The second-order valence-electron chi connectivity index (χ2n) is 5.39. The number of hydrogen-bond acceptors (Lipinski definition) is 4. The lowest BCUT2D eigenvalue weighted by molar-refractivity contribution is -0.130. The lowest BCUT2D eigenvalue weighted by Gasteiger charge is -2.41. The first-order valence-electron chi connectivity index (χ1n) is 6.85. The number of nitrogens with one attached hydrogen (secondary N) is 1. The molecule has 1 unspecified atom stereocenters. The molecule has 0 bridgehead atoms. The van der Waals surface area contributed by atoms with Gasteiger partial charge in [-0.15, -0.1) is 0 Å². The van der Waals surface area contributed by atoms with Gasteiger partial charge in [-0.05, 0) is 43.3 Å². The van der Waals surface area contributed by atoms with E-state index in [1.165, 1.54) is 12.1 Å². The van der Waals surface area contributed by atoms with Gasteiger partial charge in [0.05, 0.1) is 6.42 Å². The van der Waals surface area contributed by atoms with Crippen LogP contribution < -0.4 is 5.32 Å². The molecule has 2 aliphatic heterocycles. The van der Waals surface area contributed by atoms with Gasteiger partial charge < -0.3 is 15.3 Å². The Morgan fingerprint density at radius 3 is 2.77 bits per heavy atom. The Kier molecular flexibility index (Phi) is 3.29. The number of hydrogen-bond donors (Lipinski definition) is 2. The molecule has 112 valence electrons. The van der Waals surface area contributed by atoms with E-state index >= 15 is 0 Å². The molecule has 0 fully saturated rings. The topological polar surface area (TPSA) is 82.0 Å². The standard InChI is InChI=1S/C16H15N3O3/c1-16(15(22)17-11-5-7-12(20)8-6-11)10-14(21)18-13-4-2-3-9-19(13)16/h2-9,20H,10H2,1H3,(H,17,22). The lowest BCUT2D eigenvalue weighted by atomic mass is 9.91. The Morgan fingerprint density at radius 2 is 2.05 bits per heavy atom. The summed E-state index contributed by atoms with van der Waals surface area (Å²) in [5.41, 5.74) is -0.495. The summed E-state index contributed by atoms with van der Waals surface area (Å²) in [5.74, 6) is -0.0499. The largest absolute Gasteiger partial charge is 0.508 e. The summed E-state index contributed by atoms with van der Waals surface area (Å²) in [7, 11) is 0. The maximum atomic E-state index is 12.7. The molecule has 3 rings (SSSR count). The second kappa shape index (κ2) is 5.14. The predicted molar refractivity (Wildman–Crippen MR) is 82.3 cm³/mol. The molecule has 0 aromatic heterocycles. The average molecular weight is 297 g/mol. The van der Waals surface area contributed by atoms with Crippen LogP contribution >= 0.6 is 0 Å². The summed E-state index contributed by atoms with van der Waals surface area (Å²) in [6.07, 6.45) is 7.00. The van der Waals surface area contributed by atoms with Crippen LogP contribution in [-0.2, 0) is 9.59 Å². The number of anilines is 1. The third kappa shape index (κ3) is 2.39. The Morgan fingerprint density at radius 1 is 1.32 bits per heavy atom. The van der Waals surface area contributed by atoms with E-state index in [9.17, 15) is 14.7 Å². The van der Waals surface area contributed by atoms with Crippen LogP contribution in [-0.4, -0.2) is 33.2 Å². The van der Waals surface area contributed by atoms with Gasteiger partial charge in [-0.3, -0.25) is 9.59 Å². The molecule has 6 heteroatoms. The number of benzene rings is 1. The fourth-order valence-electron chi connectivity index (χ4n) is 2.49. The monoisotopic (exact) mass is 297 g/mol. The first-order valence-corrected chi connectivity index (χ1v) is 6.85. The van der Waals surface area contributed by atoms with Crippen molar-refractivity contribution in [2.75, 3.05) is 5.32 Å². The van der Waals surface area contributed by atoms with Crippen molar-refractivity contribution in [3.05, 3.63) is 48.7 Å². The van der Waals surface area contributed by atoms with Crippen LogP contribution in [0.15, 0.2) is 53.7 Å². The van der Waals surface area contributed by atoms with Gasteiger partial charge in [-0.2, -0.15) is 4.99 Å². The average Bonchev–Trinajstić information content (AvgIpc) is 2.49. The van der Waals surface area contributed by atoms with E-state index in [-0.39, 0.29) is 24.0 Å². The molecule has 0 radical (unpaired) electrons. The molecule has 2 heterocycles. The highest BCUT2D eigenvalue weighted by Gasteiger charge is 2.45. The molecule has 2 amide bonds. The van der Waals surface area contributed by atoms with Crippen molar-refractivity contribution < 1.29 is 14.7 Å². The van der Waals surface area contributed by atoms with E-state index in [1.807, 2.05) is 0 Å². The van der Waals surface area contributed by atoms with E-state index < -0.39 is 5.54 Å². The van der Waals surface area contributed by atoms with Crippen LogP contribution in [0, 0.1) is 0 Å². The summed E-state index contributed by atoms with van der Waals surface area (Å²) in [6.45, 7) is 1.71. The highest BCUT2D eigenvalue weighted by Crippen LogP contribution is 2.29. The summed E-state index contributed by atoms with van der Waals surface area (Å²) >= 11 is 0. The highest BCUT2D eigenvalue weighted by atomic mass is 16.3. The van der Waals surface area contributed by atoms with Gasteiger partial charge in [-0.25, -0.2) is 0 Å². The van der Waals surface area contributed by atoms with Crippen LogP contribution in [0.25, 0.3) is 0 Å². The number of rotatable bonds is 2. The Labute approximate surface area is 127 Å². The van der Waals surface area contributed by atoms with E-state index in [0.29, 0.717) is 11.5 Å². The first kappa shape index (κ1) is 14.1. The van der Waals surface area contributed by atoms with E-state index in [2.05, 4.69) is 10.3 Å². The fourth-order valence-corrected chi connectivity index (χ4v) is 2.49. The molecule has 1 aromatic carbocycles. The minimum Gasteiger partial charge on any atom is -0.508 e. The van der Waals surface area contributed by atoms with Crippen LogP contribution in [0.4, 0.5) is 5.69 Å². The quantitative estimate of drug-likeness (QED) is 0.816. The van der Waals surface area contributed by atoms with Gasteiger partial charge in [0, 0.05) is 11.9 Å². The normalized spacial score (nSPS) is 23.0. The van der Waals surface area contributed by atoms with Gasteiger partial charge in [-0.1, -0.05) is 6.08 Å². The van der Waals surface area contributed by atoms with Crippen LogP contribution in [0.5, 0.6) is 5.75 Å². The lowest BCUT2D eigenvalue weighted by Crippen LogP contribution is -2.58. The molecule has 0 saturated heterocycles. The van der Waals surface area contributed by atoms with Crippen molar-refractivity contribution in [2.24, 2.45) is 4.99 Å². The van der Waals surface area contributed by atoms with E-state index in [4.69, 9.17) is 0 Å². The molecule has 0 saturated carbocycles. The van der Waals surface area contributed by atoms with Crippen molar-refractivity contribution >= 4 is 23.3 Å². The number of aromatic hydroxyl groups is 1.